The largest absolute Gasteiger partial charge is 0.310 e. The summed E-state index contributed by atoms with van der Waals surface area (Å²) in [4.78, 5) is 2.43. The first-order valence-electron chi connectivity index (χ1n) is 23.9. The maximum Gasteiger partial charge on any atom is 0.0714 e. The van der Waals surface area contributed by atoms with Crippen LogP contribution in [0.25, 0.3) is 82.4 Å². The lowest BCUT2D eigenvalue weighted by Gasteiger charge is -2.35. The van der Waals surface area contributed by atoms with Crippen molar-refractivity contribution in [3.8, 4) is 39.1 Å². The highest BCUT2D eigenvalue weighted by atomic mass is 15.1. The third-order valence-corrected chi connectivity index (χ3v) is 14.8. The molecule has 69 heavy (non-hydrogen) atoms. The molecule has 1 heterocycles. The maximum atomic E-state index is 2.46. The fraction of sp³-hybridized carbons (Fsp3) is 0.0149. The van der Waals surface area contributed by atoms with Crippen LogP contribution in [0.1, 0.15) is 22.3 Å². The quantitative estimate of drug-likeness (QED) is 0.138. The Balaban J connectivity index is 0.923. The van der Waals surface area contributed by atoms with Crippen LogP contribution in [0, 0.1) is 0 Å². The first-order chi connectivity index (χ1) is 34.2. The molecule has 12 aromatic carbocycles. The zero-order valence-corrected chi connectivity index (χ0v) is 37.8. The molecule has 2 nitrogen and oxygen atoms in total. The van der Waals surface area contributed by atoms with Gasteiger partial charge in [0.1, 0.15) is 0 Å². The molecular weight excluding hydrogens is 833 g/mol. The van der Waals surface area contributed by atoms with E-state index in [4.69, 9.17) is 0 Å². The molecule has 14 rings (SSSR count). The lowest BCUT2D eigenvalue weighted by molar-refractivity contribution is 0.768. The standard InChI is InChI=1S/C67H44N2/c1-3-20-51(21-4-1)67(52-22-5-2-6-23-52)61-28-10-9-26-59(61)60-42-41-56(44-62(60)67)68(54-39-35-47(36-40-54)58-27-12-16-46-15-7-8-25-57(46)58)53-37-33-45(34-38-53)50-19-11-24-55(43-50)69-63-29-13-17-48-31-32-49-18-14-30-64(69)66(49)65(48)63/h1-44H. The average molecular weight is 877 g/mol. The Labute approximate surface area is 401 Å². The predicted molar refractivity (Wildman–Crippen MR) is 290 cm³/mol. The van der Waals surface area contributed by atoms with Crippen molar-refractivity contribution in [1.82, 2.24) is 4.57 Å². The van der Waals surface area contributed by atoms with Crippen LogP contribution in [0.5, 0.6) is 0 Å². The molecule has 0 aliphatic heterocycles. The van der Waals surface area contributed by atoms with Crippen molar-refractivity contribution in [3.05, 3.63) is 289 Å². The summed E-state index contributed by atoms with van der Waals surface area (Å²) >= 11 is 0. The monoisotopic (exact) mass is 876 g/mol. The third-order valence-electron chi connectivity index (χ3n) is 14.8. The Morgan fingerprint density at radius 3 is 1.52 bits per heavy atom. The normalized spacial score (nSPS) is 12.8. The number of fused-ring (bicyclic) bond motifs is 4. The average Bonchev–Trinajstić information content (AvgIpc) is 3.93. The summed E-state index contributed by atoms with van der Waals surface area (Å²) in [6.07, 6.45) is 0. The molecule has 0 atom stereocenters. The molecule has 0 bridgehead atoms. The molecule has 0 spiro atoms. The molecule has 0 unspecified atom stereocenters. The number of rotatable bonds is 8. The topological polar surface area (TPSA) is 8.17 Å². The fourth-order valence-electron chi connectivity index (χ4n) is 11.8. The Hall–Kier alpha value is -8.98. The summed E-state index contributed by atoms with van der Waals surface area (Å²) in [6, 6.07) is 98.6. The van der Waals surface area contributed by atoms with Gasteiger partial charge >= 0.3 is 0 Å². The van der Waals surface area contributed by atoms with Crippen LogP contribution < -0.4 is 4.90 Å². The zero-order valence-electron chi connectivity index (χ0n) is 37.8. The van der Waals surface area contributed by atoms with E-state index >= 15 is 0 Å². The van der Waals surface area contributed by atoms with Crippen LogP contribution in [0.3, 0.4) is 0 Å². The molecular formula is C67H44N2. The highest BCUT2D eigenvalue weighted by Crippen LogP contribution is 2.57. The van der Waals surface area contributed by atoms with E-state index in [-0.39, 0.29) is 0 Å². The highest BCUT2D eigenvalue weighted by Gasteiger charge is 2.46. The van der Waals surface area contributed by atoms with Crippen molar-refractivity contribution in [2.24, 2.45) is 0 Å². The van der Waals surface area contributed by atoms with Crippen LogP contribution in [0.15, 0.2) is 267 Å². The molecule has 1 aliphatic rings. The van der Waals surface area contributed by atoms with E-state index in [0.717, 1.165) is 28.3 Å². The fourth-order valence-corrected chi connectivity index (χ4v) is 11.8. The minimum atomic E-state index is -0.517. The second-order valence-corrected chi connectivity index (χ2v) is 18.4. The molecule has 0 N–H and O–H groups in total. The predicted octanol–water partition coefficient (Wildman–Crippen LogP) is 17.7. The molecule has 0 saturated heterocycles. The van der Waals surface area contributed by atoms with E-state index in [1.54, 1.807) is 0 Å². The van der Waals surface area contributed by atoms with Crippen LogP contribution in [-0.4, -0.2) is 4.57 Å². The van der Waals surface area contributed by atoms with Crippen molar-refractivity contribution in [1.29, 1.82) is 0 Å². The molecule has 13 aromatic rings. The number of hydrogen-bond acceptors (Lipinski definition) is 1. The number of hydrogen-bond donors (Lipinski definition) is 0. The van der Waals surface area contributed by atoms with Gasteiger partial charge in [0.15, 0.2) is 0 Å². The second kappa shape index (κ2) is 15.6. The van der Waals surface area contributed by atoms with Gasteiger partial charge in [0.25, 0.3) is 0 Å². The zero-order chi connectivity index (χ0) is 45.5. The summed E-state index contributed by atoms with van der Waals surface area (Å²) in [7, 11) is 0. The van der Waals surface area contributed by atoms with Gasteiger partial charge in [-0.25, -0.2) is 0 Å². The van der Waals surface area contributed by atoms with E-state index in [9.17, 15) is 0 Å². The van der Waals surface area contributed by atoms with Crippen molar-refractivity contribution >= 4 is 60.4 Å². The van der Waals surface area contributed by atoms with Gasteiger partial charge in [-0.05, 0) is 138 Å². The van der Waals surface area contributed by atoms with Gasteiger partial charge in [-0.1, -0.05) is 206 Å². The van der Waals surface area contributed by atoms with E-state index < -0.39 is 5.41 Å². The van der Waals surface area contributed by atoms with Gasteiger partial charge in [-0.3, -0.25) is 0 Å². The summed E-state index contributed by atoms with van der Waals surface area (Å²) < 4.78 is 2.43. The van der Waals surface area contributed by atoms with Gasteiger partial charge in [0.05, 0.1) is 16.4 Å². The van der Waals surface area contributed by atoms with Crippen LogP contribution in [0.2, 0.25) is 0 Å². The lowest BCUT2D eigenvalue weighted by atomic mass is 9.67. The van der Waals surface area contributed by atoms with Gasteiger partial charge in [0, 0.05) is 33.5 Å². The van der Waals surface area contributed by atoms with E-state index in [0.29, 0.717) is 0 Å². The SMILES string of the molecule is c1ccc(C2(c3ccccc3)c3ccccc3-c3ccc(N(c4ccc(-c5cccc(-n6c7cccc8ccc9cccc6c9c87)c5)cc4)c4ccc(-c5cccc6ccccc56)cc4)cc32)cc1. The third kappa shape index (κ3) is 5.99. The van der Waals surface area contributed by atoms with Gasteiger partial charge in [0.2, 0.25) is 0 Å². The van der Waals surface area contributed by atoms with Gasteiger partial charge in [-0.2, -0.15) is 0 Å². The lowest BCUT2D eigenvalue weighted by Crippen LogP contribution is -2.28. The molecule has 1 aromatic heterocycles. The molecule has 2 heteroatoms. The van der Waals surface area contributed by atoms with Crippen molar-refractivity contribution < 1.29 is 0 Å². The first-order valence-corrected chi connectivity index (χ1v) is 23.9. The van der Waals surface area contributed by atoms with Crippen LogP contribution >= 0.6 is 0 Å². The molecule has 0 amide bonds. The van der Waals surface area contributed by atoms with Crippen LogP contribution in [-0.2, 0) is 5.41 Å². The van der Waals surface area contributed by atoms with Gasteiger partial charge < -0.3 is 9.47 Å². The highest BCUT2D eigenvalue weighted by molar-refractivity contribution is 6.24. The van der Waals surface area contributed by atoms with Crippen molar-refractivity contribution in [2.45, 2.75) is 5.41 Å². The van der Waals surface area contributed by atoms with Crippen molar-refractivity contribution in [2.75, 3.05) is 4.90 Å². The molecule has 322 valence electrons. The molecule has 0 radical (unpaired) electrons. The summed E-state index contributed by atoms with van der Waals surface area (Å²) in [5, 5.41) is 7.69. The smallest absolute Gasteiger partial charge is 0.0714 e. The minimum absolute atomic E-state index is 0.517. The Morgan fingerprint density at radius 1 is 0.304 bits per heavy atom. The van der Waals surface area contributed by atoms with E-state index in [1.165, 1.54) is 93.4 Å². The second-order valence-electron chi connectivity index (χ2n) is 18.4. The number of benzene rings is 12. The van der Waals surface area contributed by atoms with Crippen LogP contribution in [0.4, 0.5) is 17.1 Å². The number of nitrogens with zero attached hydrogens (tertiary/aromatic N) is 2. The molecule has 0 fully saturated rings. The minimum Gasteiger partial charge on any atom is -0.310 e. The van der Waals surface area contributed by atoms with Crippen molar-refractivity contribution in [3.63, 3.8) is 0 Å². The van der Waals surface area contributed by atoms with E-state index in [2.05, 4.69) is 276 Å². The van der Waals surface area contributed by atoms with Gasteiger partial charge in [-0.15, -0.1) is 0 Å². The summed E-state index contributed by atoms with van der Waals surface area (Å²) in [6.45, 7) is 0. The summed E-state index contributed by atoms with van der Waals surface area (Å²) in [5.41, 5.74) is 18.8. The first kappa shape index (κ1) is 39.2. The molecule has 0 saturated carbocycles. The maximum absolute atomic E-state index is 2.46. The van der Waals surface area contributed by atoms with E-state index in [1.807, 2.05) is 0 Å². The number of aromatic nitrogens is 1. The molecule has 1 aliphatic carbocycles. The Kier molecular flexibility index (Phi) is 8.84. The number of anilines is 3. The Morgan fingerprint density at radius 2 is 0.826 bits per heavy atom. The summed E-state index contributed by atoms with van der Waals surface area (Å²) in [5.74, 6) is 0. The Bertz CT molecular complexity index is 3940.